The summed E-state index contributed by atoms with van der Waals surface area (Å²) in [5.41, 5.74) is 0. The van der Waals surface area contributed by atoms with Crippen molar-refractivity contribution < 1.29 is 9.90 Å². The van der Waals surface area contributed by atoms with Gasteiger partial charge in [0.15, 0.2) is 0 Å². The van der Waals surface area contributed by atoms with E-state index in [0.29, 0.717) is 19.0 Å². The van der Waals surface area contributed by atoms with Gasteiger partial charge in [0.1, 0.15) is 0 Å². The molecule has 1 unspecified atom stereocenters. The molecule has 0 saturated heterocycles. The molecule has 17 heavy (non-hydrogen) atoms. The molecule has 0 aromatic rings. The van der Waals surface area contributed by atoms with Crippen LogP contribution in [0.5, 0.6) is 0 Å². The SMILES string of the molecule is CC(C)C(O)CCNC(=O)NC1CCCCC1. The van der Waals surface area contributed by atoms with Gasteiger partial charge < -0.3 is 15.7 Å². The fourth-order valence-corrected chi connectivity index (χ4v) is 2.15. The summed E-state index contributed by atoms with van der Waals surface area (Å²) >= 11 is 0. The van der Waals surface area contributed by atoms with Crippen LogP contribution in [0.15, 0.2) is 0 Å². The maximum absolute atomic E-state index is 11.6. The zero-order chi connectivity index (χ0) is 12.7. The van der Waals surface area contributed by atoms with E-state index in [1.54, 1.807) is 0 Å². The van der Waals surface area contributed by atoms with E-state index in [9.17, 15) is 9.90 Å². The molecule has 2 amide bonds. The molecule has 0 spiro atoms. The van der Waals surface area contributed by atoms with Crippen LogP contribution in [0.3, 0.4) is 0 Å². The average Bonchev–Trinajstić information content (AvgIpc) is 2.30. The quantitative estimate of drug-likeness (QED) is 0.690. The topological polar surface area (TPSA) is 61.4 Å². The van der Waals surface area contributed by atoms with Gasteiger partial charge in [-0.2, -0.15) is 0 Å². The van der Waals surface area contributed by atoms with E-state index >= 15 is 0 Å². The van der Waals surface area contributed by atoms with Crippen molar-refractivity contribution in [1.29, 1.82) is 0 Å². The highest BCUT2D eigenvalue weighted by Gasteiger charge is 2.15. The zero-order valence-electron chi connectivity index (χ0n) is 11.0. The van der Waals surface area contributed by atoms with Crippen molar-refractivity contribution in [2.45, 2.75) is 64.5 Å². The van der Waals surface area contributed by atoms with E-state index in [1.807, 2.05) is 13.8 Å². The molecular weight excluding hydrogens is 216 g/mol. The molecule has 1 fully saturated rings. The monoisotopic (exact) mass is 242 g/mol. The van der Waals surface area contributed by atoms with Crippen LogP contribution in [0, 0.1) is 5.92 Å². The Kier molecular flexibility index (Phi) is 6.34. The second-order valence-electron chi connectivity index (χ2n) is 5.34. The van der Waals surface area contributed by atoms with Crippen molar-refractivity contribution in [3.8, 4) is 0 Å². The van der Waals surface area contributed by atoms with Gasteiger partial charge in [0.2, 0.25) is 0 Å². The summed E-state index contributed by atoms with van der Waals surface area (Å²) in [5.74, 6) is 0.248. The van der Waals surface area contributed by atoms with Crippen molar-refractivity contribution in [3.63, 3.8) is 0 Å². The Hall–Kier alpha value is -0.770. The summed E-state index contributed by atoms with van der Waals surface area (Å²) in [4.78, 5) is 11.6. The molecule has 0 heterocycles. The van der Waals surface area contributed by atoms with Gasteiger partial charge in [-0.05, 0) is 25.2 Å². The lowest BCUT2D eigenvalue weighted by Gasteiger charge is -2.23. The number of urea groups is 1. The number of nitrogens with one attached hydrogen (secondary N) is 2. The van der Waals surface area contributed by atoms with E-state index in [1.165, 1.54) is 19.3 Å². The maximum atomic E-state index is 11.6. The van der Waals surface area contributed by atoms with Crippen LogP contribution in [0.1, 0.15) is 52.4 Å². The summed E-state index contributed by atoms with van der Waals surface area (Å²) in [6, 6.07) is 0.256. The third-order valence-electron chi connectivity index (χ3n) is 3.44. The van der Waals surface area contributed by atoms with Crippen LogP contribution < -0.4 is 10.6 Å². The first-order valence-electron chi connectivity index (χ1n) is 6.82. The van der Waals surface area contributed by atoms with Crippen LogP contribution in [-0.2, 0) is 0 Å². The number of aliphatic hydroxyl groups is 1. The Morgan fingerprint density at radius 3 is 2.53 bits per heavy atom. The second kappa shape index (κ2) is 7.54. The molecule has 0 radical (unpaired) electrons. The maximum Gasteiger partial charge on any atom is 0.315 e. The van der Waals surface area contributed by atoms with Gasteiger partial charge in [0, 0.05) is 12.6 Å². The van der Waals surface area contributed by atoms with Gasteiger partial charge >= 0.3 is 6.03 Å². The molecule has 4 nitrogen and oxygen atoms in total. The van der Waals surface area contributed by atoms with Gasteiger partial charge in [-0.3, -0.25) is 0 Å². The lowest BCUT2D eigenvalue weighted by atomic mass is 9.96. The summed E-state index contributed by atoms with van der Waals surface area (Å²) in [7, 11) is 0. The standard InChI is InChI=1S/C13H26N2O2/c1-10(2)12(16)8-9-14-13(17)15-11-6-4-3-5-7-11/h10-12,16H,3-9H2,1-2H3,(H2,14,15,17). The summed E-state index contributed by atoms with van der Waals surface area (Å²) < 4.78 is 0. The van der Waals surface area contributed by atoms with Crippen molar-refractivity contribution in [2.24, 2.45) is 5.92 Å². The number of amides is 2. The summed E-state index contributed by atoms with van der Waals surface area (Å²) in [6.45, 7) is 4.50. The van der Waals surface area contributed by atoms with Gasteiger partial charge in [-0.15, -0.1) is 0 Å². The van der Waals surface area contributed by atoms with Crippen molar-refractivity contribution in [1.82, 2.24) is 10.6 Å². The largest absolute Gasteiger partial charge is 0.393 e. The Balaban J connectivity index is 2.08. The number of hydrogen-bond acceptors (Lipinski definition) is 2. The van der Waals surface area contributed by atoms with Crippen LogP contribution in [-0.4, -0.2) is 29.8 Å². The fourth-order valence-electron chi connectivity index (χ4n) is 2.15. The minimum Gasteiger partial charge on any atom is -0.393 e. The van der Waals surface area contributed by atoms with Gasteiger partial charge in [0.25, 0.3) is 0 Å². The van der Waals surface area contributed by atoms with E-state index in [0.717, 1.165) is 12.8 Å². The smallest absolute Gasteiger partial charge is 0.315 e. The molecule has 1 aliphatic rings. The van der Waals surface area contributed by atoms with Crippen molar-refractivity contribution in [2.75, 3.05) is 6.54 Å². The molecule has 0 bridgehead atoms. The average molecular weight is 242 g/mol. The molecule has 4 heteroatoms. The Labute approximate surface area is 104 Å². The van der Waals surface area contributed by atoms with Crippen LogP contribution in [0.4, 0.5) is 4.79 Å². The molecular formula is C13H26N2O2. The number of carbonyl (C=O) groups excluding carboxylic acids is 1. The van der Waals surface area contributed by atoms with Gasteiger partial charge in [0.05, 0.1) is 6.10 Å². The lowest BCUT2D eigenvalue weighted by molar-refractivity contribution is 0.116. The van der Waals surface area contributed by atoms with E-state index in [-0.39, 0.29) is 18.1 Å². The molecule has 1 atom stereocenters. The number of hydrogen-bond donors (Lipinski definition) is 3. The minimum atomic E-state index is -0.329. The molecule has 3 N–H and O–H groups in total. The number of aliphatic hydroxyl groups excluding tert-OH is 1. The summed E-state index contributed by atoms with van der Waals surface area (Å²) in [6.07, 6.45) is 6.22. The predicted molar refractivity (Wildman–Crippen MR) is 68.9 cm³/mol. The van der Waals surface area contributed by atoms with Crippen molar-refractivity contribution >= 4 is 6.03 Å². The minimum absolute atomic E-state index is 0.0899. The Bertz CT molecular complexity index is 225. The molecule has 100 valence electrons. The van der Waals surface area contributed by atoms with Crippen molar-refractivity contribution in [3.05, 3.63) is 0 Å². The lowest BCUT2D eigenvalue weighted by Crippen LogP contribution is -2.43. The van der Waals surface area contributed by atoms with Crippen LogP contribution >= 0.6 is 0 Å². The zero-order valence-corrected chi connectivity index (χ0v) is 11.0. The molecule has 0 aromatic heterocycles. The predicted octanol–water partition coefficient (Wildman–Crippen LogP) is 2.03. The molecule has 0 aromatic carbocycles. The molecule has 1 aliphatic carbocycles. The third-order valence-corrected chi connectivity index (χ3v) is 3.44. The first kappa shape index (κ1) is 14.3. The second-order valence-corrected chi connectivity index (χ2v) is 5.34. The van der Waals surface area contributed by atoms with Gasteiger partial charge in [-0.25, -0.2) is 4.79 Å². The first-order chi connectivity index (χ1) is 8.09. The Morgan fingerprint density at radius 2 is 1.94 bits per heavy atom. The van der Waals surface area contributed by atoms with Crippen LogP contribution in [0.2, 0.25) is 0 Å². The molecule has 0 aliphatic heterocycles. The highest BCUT2D eigenvalue weighted by Crippen LogP contribution is 2.17. The Morgan fingerprint density at radius 1 is 1.29 bits per heavy atom. The van der Waals surface area contributed by atoms with Gasteiger partial charge in [-0.1, -0.05) is 33.1 Å². The number of rotatable bonds is 5. The summed E-state index contributed by atoms with van der Waals surface area (Å²) in [5, 5.41) is 15.4. The normalized spacial score (nSPS) is 19.1. The highest BCUT2D eigenvalue weighted by molar-refractivity contribution is 5.74. The van der Waals surface area contributed by atoms with E-state index in [2.05, 4.69) is 10.6 Å². The first-order valence-corrected chi connectivity index (χ1v) is 6.82. The molecule has 1 saturated carbocycles. The van der Waals surface area contributed by atoms with E-state index in [4.69, 9.17) is 0 Å². The highest BCUT2D eigenvalue weighted by atomic mass is 16.3. The molecule has 1 rings (SSSR count). The fraction of sp³-hybridized carbons (Fsp3) is 0.923. The third kappa shape index (κ3) is 5.91. The number of carbonyl (C=O) groups is 1. The van der Waals surface area contributed by atoms with E-state index < -0.39 is 0 Å². The van der Waals surface area contributed by atoms with Crippen LogP contribution in [0.25, 0.3) is 0 Å².